The van der Waals surface area contributed by atoms with Crippen molar-refractivity contribution >= 4 is 5.82 Å². The molecule has 6 heteroatoms. The van der Waals surface area contributed by atoms with Gasteiger partial charge in [-0.1, -0.05) is 6.07 Å². The molecule has 0 aromatic carbocycles. The number of ether oxygens (including phenoxy) is 1. The van der Waals surface area contributed by atoms with Crippen LogP contribution < -0.4 is 5.73 Å². The molecule has 3 heterocycles. The number of rotatable bonds is 4. The predicted molar refractivity (Wildman–Crippen MR) is 76.6 cm³/mol. The van der Waals surface area contributed by atoms with E-state index >= 15 is 0 Å². The van der Waals surface area contributed by atoms with Crippen molar-refractivity contribution in [2.75, 3.05) is 32.5 Å². The van der Waals surface area contributed by atoms with E-state index in [4.69, 9.17) is 10.5 Å². The average Bonchev–Trinajstić information content (AvgIpc) is 2.83. The number of nitrogens with two attached hydrogens (primary N) is 1. The van der Waals surface area contributed by atoms with Gasteiger partial charge >= 0.3 is 0 Å². The largest absolute Gasteiger partial charge is 0.383 e. The Morgan fingerprint density at radius 2 is 2.30 bits per heavy atom. The van der Waals surface area contributed by atoms with Crippen LogP contribution in [0.2, 0.25) is 0 Å². The summed E-state index contributed by atoms with van der Waals surface area (Å²) in [6, 6.07) is 5.74. The monoisotopic (exact) mass is 273 g/mol. The SMILES string of the molecule is COCCN1CCc2nn(-c3ccccn3)c(N)c2C1. The van der Waals surface area contributed by atoms with Crippen LogP contribution in [0.15, 0.2) is 24.4 Å². The molecule has 2 aromatic heterocycles. The molecule has 0 amide bonds. The second kappa shape index (κ2) is 5.60. The van der Waals surface area contributed by atoms with Gasteiger partial charge in [-0.15, -0.1) is 0 Å². The maximum Gasteiger partial charge on any atom is 0.155 e. The van der Waals surface area contributed by atoms with Gasteiger partial charge in [0, 0.05) is 44.9 Å². The second-order valence-corrected chi connectivity index (χ2v) is 4.93. The first kappa shape index (κ1) is 13.1. The molecule has 0 fully saturated rings. The van der Waals surface area contributed by atoms with Crippen LogP contribution in [0.5, 0.6) is 0 Å². The lowest BCUT2D eigenvalue weighted by atomic mass is 10.1. The molecule has 1 aliphatic heterocycles. The van der Waals surface area contributed by atoms with Crippen LogP contribution in [-0.2, 0) is 17.7 Å². The molecule has 0 saturated heterocycles. The number of anilines is 1. The van der Waals surface area contributed by atoms with E-state index in [1.165, 1.54) is 0 Å². The molecule has 0 aliphatic carbocycles. The van der Waals surface area contributed by atoms with Gasteiger partial charge in [0.1, 0.15) is 5.82 Å². The molecule has 0 atom stereocenters. The zero-order chi connectivity index (χ0) is 13.9. The summed E-state index contributed by atoms with van der Waals surface area (Å²) in [6.45, 7) is 3.49. The minimum absolute atomic E-state index is 0.695. The number of fused-ring (bicyclic) bond motifs is 1. The lowest BCUT2D eigenvalue weighted by Gasteiger charge is -2.25. The number of hydrogen-bond donors (Lipinski definition) is 1. The maximum atomic E-state index is 6.25. The summed E-state index contributed by atoms with van der Waals surface area (Å²) >= 11 is 0. The van der Waals surface area contributed by atoms with E-state index in [0.717, 1.165) is 49.7 Å². The standard InChI is InChI=1S/C14H19N5O/c1-20-9-8-18-7-5-12-11(10-18)14(15)19(17-12)13-4-2-3-6-16-13/h2-4,6H,5,7-10,15H2,1H3. The fourth-order valence-corrected chi connectivity index (χ4v) is 2.52. The lowest BCUT2D eigenvalue weighted by Crippen LogP contribution is -2.33. The second-order valence-electron chi connectivity index (χ2n) is 4.93. The van der Waals surface area contributed by atoms with Gasteiger partial charge in [-0.05, 0) is 12.1 Å². The Morgan fingerprint density at radius 1 is 1.40 bits per heavy atom. The highest BCUT2D eigenvalue weighted by Gasteiger charge is 2.23. The van der Waals surface area contributed by atoms with E-state index in [-0.39, 0.29) is 0 Å². The Morgan fingerprint density at radius 3 is 3.05 bits per heavy atom. The van der Waals surface area contributed by atoms with E-state index in [1.54, 1.807) is 18.0 Å². The fourth-order valence-electron chi connectivity index (χ4n) is 2.52. The van der Waals surface area contributed by atoms with Gasteiger partial charge in [0.05, 0.1) is 12.3 Å². The Bertz CT molecular complexity index is 581. The first-order valence-corrected chi connectivity index (χ1v) is 6.78. The van der Waals surface area contributed by atoms with E-state index in [0.29, 0.717) is 5.82 Å². The van der Waals surface area contributed by atoms with E-state index in [9.17, 15) is 0 Å². The Labute approximate surface area is 118 Å². The summed E-state index contributed by atoms with van der Waals surface area (Å²) in [5, 5.41) is 4.61. The van der Waals surface area contributed by atoms with Gasteiger partial charge in [0.25, 0.3) is 0 Å². The van der Waals surface area contributed by atoms with Crippen molar-refractivity contribution in [3.8, 4) is 5.82 Å². The summed E-state index contributed by atoms with van der Waals surface area (Å²) in [5.41, 5.74) is 8.46. The lowest BCUT2D eigenvalue weighted by molar-refractivity contribution is 0.140. The highest BCUT2D eigenvalue weighted by atomic mass is 16.5. The van der Waals surface area contributed by atoms with Crippen molar-refractivity contribution in [2.45, 2.75) is 13.0 Å². The molecule has 0 radical (unpaired) electrons. The third kappa shape index (κ3) is 2.39. The maximum absolute atomic E-state index is 6.25. The molecule has 6 nitrogen and oxygen atoms in total. The summed E-state index contributed by atoms with van der Waals surface area (Å²) in [7, 11) is 1.73. The van der Waals surface area contributed by atoms with Gasteiger partial charge in [0.15, 0.2) is 5.82 Å². The van der Waals surface area contributed by atoms with Gasteiger partial charge in [-0.2, -0.15) is 9.78 Å². The number of aromatic nitrogens is 3. The van der Waals surface area contributed by atoms with Gasteiger partial charge < -0.3 is 10.5 Å². The molecule has 0 saturated carbocycles. The van der Waals surface area contributed by atoms with E-state index in [1.807, 2.05) is 18.2 Å². The van der Waals surface area contributed by atoms with Crippen molar-refractivity contribution in [1.29, 1.82) is 0 Å². The van der Waals surface area contributed by atoms with Crippen molar-refractivity contribution in [1.82, 2.24) is 19.7 Å². The third-order valence-electron chi connectivity index (χ3n) is 3.63. The zero-order valence-electron chi connectivity index (χ0n) is 11.6. The predicted octanol–water partition coefficient (Wildman–Crippen LogP) is 0.854. The number of methoxy groups -OCH3 is 1. The molecule has 2 N–H and O–H groups in total. The highest BCUT2D eigenvalue weighted by Crippen LogP contribution is 2.25. The molecular weight excluding hydrogens is 254 g/mol. The molecule has 0 unspecified atom stereocenters. The normalized spacial score (nSPS) is 15.2. The van der Waals surface area contributed by atoms with Gasteiger partial charge in [-0.3, -0.25) is 4.90 Å². The summed E-state index contributed by atoms with van der Waals surface area (Å²) in [4.78, 5) is 6.65. The van der Waals surface area contributed by atoms with Crippen LogP contribution in [0.3, 0.4) is 0 Å². The van der Waals surface area contributed by atoms with Crippen molar-refractivity contribution in [3.63, 3.8) is 0 Å². The molecule has 20 heavy (non-hydrogen) atoms. The summed E-state index contributed by atoms with van der Waals surface area (Å²) in [5.74, 6) is 1.46. The molecule has 1 aliphatic rings. The molecule has 3 rings (SSSR count). The topological polar surface area (TPSA) is 69.2 Å². The highest BCUT2D eigenvalue weighted by molar-refractivity contribution is 5.49. The first-order chi connectivity index (χ1) is 9.79. The number of pyridine rings is 1. The molecule has 0 bridgehead atoms. The Hall–Kier alpha value is -1.92. The van der Waals surface area contributed by atoms with Gasteiger partial charge in [0.2, 0.25) is 0 Å². The Balaban J connectivity index is 1.86. The van der Waals surface area contributed by atoms with Crippen LogP contribution in [0.4, 0.5) is 5.82 Å². The van der Waals surface area contributed by atoms with Crippen LogP contribution in [-0.4, -0.2) is 46.5 Å². The molecule has 106 valence electrons. The fraction of sp³-hybridized carbons (Fsp3) is 0.429. The van der Waals surface area contributed by atoms with Crippen LogP contribution in [0.25, 0.3) is 5.82 Å². The van der Waals surface area contributed by atoms with Crippen molar-refractivity contribution < 1.29 is 4.74 Å². The average molecular weight is 273 g/mol. The molecule has 0 spiro atoms. The molecular formula is C14H19N5O. The number of hydrogen-bond acceptors (Lipinski definition) is 5. The first-order valence-electron chi connectivity index (χ1n) is 6.78. The molecule has 2 aromatic rings. The summed E-state index contributed by atoms with van der Waals surface area (Å²) in [6.07, 6.45) is 2.67. The van der Waals surface area contributed by atoms with Crippen molar-refractivity contribution in [2.24, 2.45) is 0 Å². The van der Waals surface area contributed by atoms with Gasteiger partial charge in [-0.25, -0.2) is 4.98 Å². The Kier molecular flexibility index (Phi) is 3.66. The minimum atomic E-state index is 0.695. The van der Waals surface area contributed by atoms with Crippen LogP contribution in [0.1, 0.15) is 11.3 Å². The van der Waals surface area contributed by atoms with Crippen LogP contribution in [0, 0.1) is 0 Å². The van der Waals surface area contributed by atoms with E-state index in [2.05, 4.69) is 15.0 Å². The smallest absolute Gasteiger partial charge is 0.155 e. The van der Waals surface area contributed by atoms with Crippen LogP contribution >= 0.6 is 0 Å². The van der Waals surface area contributed by atoms with E-state index < -0.39 is 0 Å². The zero-order valence-corrected chi connectivity index (χ0v) is 11.6. The third-order valence-corrected chi connectivity index (χ3v) is 3.63. The minimum Gasteiger partial charge on any atom is -0.383 e. The quantitative estimate of drug-likeness (QED) is 0.894. The number of nitrogens with zero attached hydrogens (tertiary/aromatic N) is 4. The summed E-state index contributed by atoms with van der Waals surface area (Å²) < 4.78 is 6.87. The number of nitrogen functional groups attached to an aromatic ring is 1. The van der Waals surface area contributed by atoms with Crippen molar-refractivity contribution in [3.05, 3.63) is 35.7 Å².